The molecule has 0 radical (unpaired) electrons. The molecule has 9 nitrogen and oxygen atoms in total. The van der Waals surface area contributed by atoms with Crippen molar-refractivity contribution >= 4 is 33.8 Å². The van der Waals surface area contributed by atoms with Gasteiger partial charge in [0.15, 0.2) is 0 Å². The van der Waals surface area contributed by atoms with Crippen molar-refractivity contribution in [2.45, 2.75) is 12.5 Å². The molecule has 1 heterocycles. The Bertz CT molecular complexity index is 771. The highest BCUT2D eigenvalue weighted by molar-refractivity contribution is 9.10. The van der Waals surface area contributed by atoms with E-state index in [1.54, 1.807) is 18.2 Å². The molecule has 0 aliphatic heterocycles. The summed E-state index contributed by atoms with van der Waals surface area (Å²) in [5.74, 6) is -1.13. The second kappa shape index (κ2) is 8.73. The fourth-order valence-corrected chi connectivity index (χ4v) is 2.41. The van der Waals surface area contributed by atoms with Crippen LogP contribution in [0.4, 0.5) is 4.79 Å². The van der Waals surface area contributed by atoms with E-state index in [0.717, 1.165) is 4.47 Å². The van der Waals surface area contributed by atoms with Crippen molar-refractivity contribution in [2.75, 3.05) is 0 Å². The number of hydrogen-bond acceptors (Lipinski definition) is 5. The van der Waals surface area contributed by atoms with Crippen molar-refractivity contribution in [3.63, 3.8) is 0 Å². The van der Waals surface area contributed by atoms with Gasteiger partial charge in [-0.3, -0.25) is 25.4 Å². The van der Waals surface area contributed by atoms with Crippen LogP contribution in [0.25, 0.3) is 0 Å². The summed E-state index contributed by atoms with van der Waals surface area (Å²) >= 11 is 3.32. The molecule has 0 aliphatic rings. The SMILES string of the molecule is NC(=O)NC(CC(=O)NNC(=O)c1cnccn1)c1cccc(Br)c1. The van der Waals surface area contributed by atoms with E-state index in [1.807, 2.05) is 6.07 Å². The van der Waals surface area contributed by atoms with E-state index in [1.165, 1.54) is 18.6 Å². The van der Waals surface area contributed by atoms with Crippen molar-refractivity contribution < 1.29 is 14.4 Å². The van der Waals surface area contributed by atoms with Gasteiger partial charge in [0, 0.05) is 16.9 Å². The molecular formula is C15H15BrN6O3. The minimum Gasteiger partial charge on any atom is -0.352 e. The predicted molar refractivity (Wildman–Crippen MR) is 91.9 cm³/mol. The molecule has 0 spiro atoms. The van der Waals surface area contributed by atoms with Crippen LogP contribution in [0.15, 0.2) is 47.3 Å². The zero-order chi connectivity index (χ0) is 18.2. The predicted octanol–water partition coefficient (Wildman–Crippen LogP) is 0.800. The van der Waals surface area contributed by atoms with Crippen LogP contribution in [-0.4, -0.2) is 27.8 Å². The van der Waals surface area contributed by atoms with Gasteiger partial charge in [-0.2, -0.15) is 0 Å². The molecule has 4 amide bonds. The van der Waals surface area contributed by atoms with Gasteiger partial charge in [0.2, 0.25) is 5.91 Å². The maximum Gasteiger partial charge on any atom is 0.312 e. The number of nitrogens with two attached hydrogens (primary N) is 1. The molecule has 0 saturated heterocycles. The average Bonchev–Trinajstić information content (AvgIpc) is 2.59. The number of nitrogens with zero attached hydrogens (tertiary/aromatic N) is 2. The molecule has 1 unspecified atom stereocenters. The van der Waals surface area contributed by atoms with Crippen LogP contribution in [0.1, 0.15) is 28.5 Å². The third kappa shape index (κ3) is 5.84. The Morgan fingerprint density at radius 1 is 1.20 bits per heavy atom. The van der Waals surface area contributed by atoms with E-state index in [4.69, 9.17) is 5.73 Å². The summed E-state index contributed by atoms with van der Waals surface area (Å²) in [5, 5.41) is 2.50. The van der Waals surface area contributed by atoms with Gasteiger partial charge in [-0.05, 0) is 17.7 Å². The van der Waals surface area contributed by atoms with Gasteiger partial charge in [-0.25, -0.2) is 9.78 Å². The molecule has 130 valence electrons. The third-order valence-electron chi connectivity index (χ3n) is 3.07. The highest BCUT2D eigenvalue weighted by Gasteiger charge is 2.18. The Hall–Kier alpha value is -3.01. The number of benzene rings is 1. The van der Waals surface area contributed by atoms with Gasteiger partial charge >= 0.3 is 6.03 Å². The highest BCUT2D eigenvalue weighted by Crippen LogP contribution is 2.20. The molecule has 5 N–H and O–H groups in total. The molecular weight excluding hydrogens is 392 g/mol. The van der Waals surface area contributed by atoms with E-state index < -0.39 is 23.9 Å². The number of primary amides is 1. The summed E-state index contributed by atoms with van der Waals surface area (Å²) < 4.78 is 0.789. The number of hydrazine groups is 1. The minimum absolute atomic E-state index is 0.0570. The molecule has 0 bridgehead atoms. The monoisotopic (exact) mass is 406 g/mol. The van der Waals surface area contributed by atoms with Crippen LogP contribution in [0, 0.1) is 0 Å². The maximum absolute atomic E-state index is 12.1. The van der Waals surface area contributed by atoms with Gasteiger partial charge in [-0.1, -0.05) is 28.1 Å². The second-order valence-electron chi connectivity index (χ2n) is 4.91. The van der Waals surface area contributed by atoms with Crippen LogP contribution >= 0.6 is 15.9 Å². The number of carbonyl (C=O) groups is 3. The Morgan fingerprint density at radius 2 is 2.00 bits per heavy atom. The lowest BCUT2D eigenvalue weighted by atomic mass is 10.0. The van der Waals surface area contributed by atoms with Gasteiger partial charge < -0.3 is 11.1 Å². The van der Waals surface area contributed by atoms with Crippen LogP contribution in [0.2, 0.25) is 0 Å². The van der Waals surface area contributed by atoms with E-state index in [9.17, 15) is 14.4 Å². The average molecular weight is 407 g/mol. The standard InChI is InChI=1S/C15H15BrN6O3/c16-10-3-1-2-9(6-10)11(20-15(17)25)7-13(23)21-22-14(24)12-8-18-4-5-19-12/h1-6,8,11H,7H2,(H,21,23)(H,22,24)(H3,17,20,25). The molecule has 0 saturated carbocycles. The van der Waals surface area contributed by atoms with E-state index in [-0.39, 0.29) is 12.1 Å². The largest absolute Gasteiger partial charge is 0.352 e. The Labute approximate surface area is 151 Å². The minimum atomic E-state index is -0.763. The summed E-state index contributed by atoms with van der Waals surface area (Å²) in [5.41, 5.74) is 10.4. The molecule has 2 rings (SSSR count). The molecule has 2 aromatic rings. The summed E-state index contributed by atoms with van der Waals surface area (Å²) in [4.78, 5) is 42.6. The number of hydrogen-bond donors (Lipinski definition) is 4. The molecule has 1 atom stereocenters. The zero-order valence-electron chi connectivity index (χ0n) is 12.9. The number of urea groups is 1. The molecule has 1 aromatic heterocycles. The van der Waals surface area contributed by atoms with Crippen LogP contribution in [-0.2, 0) is 4.79 Å². The smallest absolute Gasteiger partial charge is 0.312 e. The van der Waals surface area contributed by atoms with Crippen molar-refractivity contribution in [3.05, 3.63) is 58.6 Å². The Morgan fingerprint density at radius 3 is 2.64 bits per heavy atom. The first-order valence-corrected chi connectivity index (χ1v) is 7.91. The fraction of sp³-hybridized carbons (Fsp3) is 0.133. The fourth-order valence-electron chi connectivity index (χ4n) is 1.99. The quantitative estimate of drug-likeness (QED) is 0.543. The van der Waals surface area contributed by atoms with Crippen molar-refractivity contribution in [1.29, 1.82) is 0 Å². The Kier molecular flexibility index (Phi) is 6.40. The summed E-state index contributed by atoms with van der Waals surface area (Å²) in [6.07, 6.45) is 3.92. The molecule has 25 heavy (non-hydrogen) atoms. The van der Waals surface area contributed by atoms with Crippen LogP contribution < -0.4 is 21.9 Å². The first-order chi connectivity index (χ1) is 12.0. The van der Waals surface area contributed by atoms with E-state index in [0.29, 0.717) is 5.56 Å². The summed E-state index contributed by atoms with van der Waals surface area (Å²) in [7, 11) is 0. The number of nitrogens with one attached hydrogen (secondary N) is 3. The second-order valence-corrected chi connectivity index (χ2v) is 5.83. The lowest BCUT2D eigenvalue weighted by molar-refractivity contribution is -0.122. The number of rotatable bonds is 5. The van der Waals surface area contributed by atoms with Gasteiger partial charge in [-0.15, -0.1) is 0 Å². The Balaban J connectivity index is 1.97. The van der Waals surface area contributed by atoms with Crippen LogP contribution in [0.3, 0.4) is 0 Å². The highest BCUT2D eigenvalue weighted by atomic mass is 79.9. The normalized spacial score (nSPS) is 11.2. The maximum atomic E-state index is 12.1. The molecule has 1 aromatic carbocycles. The van der Waals surface area contributed by atoms with Gasteiger partial charge in [0.05, 0.1) is 18.7 Å². The molecule has 0 fully saturated rings. The number of aromatic nitrogens is 2. The number of carbonyl (C=O) groups excluding carboxylic acids is 3. The third-order valence-corrected chi connectivity index (χ3v) is 3.56. The zero-order valence-corrected chi connectivity index (χ0v) is 14.5. The van der Waals surface area contributed by atoms with Crippen molar-refractivity contribution in [2.24, 2.45) is 5.73 Å². The number of amides is 4. The van der Waals surface area contributed by atoms with Crippen LogP contribution in [0.5, 0.6) is 0 Å². The molecule has 10 heteroatoms. The van der Waals surface area contributed by atoms with Crippen molar-refractivity contribution in [3.8, 4) is 0 Å². The van der Waals surface area contributed by atoms with E-state index in [2.05, 4.69) is 42.1 Å². The lowest BCUT2D eigenvalue weighted by Gasteiger charge is -2.18. The topological polar surface area (TPSA) is 139 Å². The van der Waals surface area contributed by atoms with Gasteiger partial charge in [0.25, 0.3) is 5.91 Å². The number of halogens is 1. The van der Waals surface area contributed by atoms with E-state index >= 15 is 0 Å². The first-order valence-electron chi connectivity index (χ1n) is 7.12. The van der Waals surface area contributed by atoms with Crippen molar-refractivity contribution in [1.82, 2.24) is 26.1 Å². The summed E-state index contributed by atoms with van der Waals surface area (Å²) in [6, 6.07) is 5.67. The van der Waals surface area contributed by atoms with Gasteiger partial charge in [0.1, 0.15) is 5.69 Å². The molecule has 0 aliphatic carbocycles. The summed E-state index contributed by atoms with van der Waals surface area (Å²) in [6.45, 7) is 0. The first kappa shape index (κ1) is 18.3. The lowest BCUT2D eigenvalue weighted by Crippen LogP contribution is -2.44.